The summed E-state index contributed by atoms with van der Waals surface area (Å²) in [5.41, 5.74) is 0.937. The number of rotatable bonds is 19. The molecule has 0 saturated carbocycles. The van der Waals surface area contributed by atoms with Crippen LogP contribution in [0.4, 0.5) is 0 Å². The number of ether oxygens (including phenoxy) is 2. The minimum atomic E-state index is -0.343. The Morgan fingerprint density at radius 2 is 1.06 bits per heavy atom. The average molecular weight is 447 g/mol. The Hall–Kier alpha value is -1.84. The van der Waals surface area contributed by atoms with Crippen molar-refractivity contribution >= 4 is 11.9 Å². The molecule has 1 aromatic rings. The van der Waals surface area contributed by atoms with Gasteiger partial charge in [0.15, 0.2) is 0 Å². The van der Waals surface area contributed by atoms with Gasteiger partial charge in [0.05, 0.1) is 24.3 Å². The Morgan fingerprint density at radius 3 is 1.50 bits per heavy atom. The highest BCUT2D eigenvalue weighted by Crippen LogP contribution is 2.13. The topological polar surface area (TPSA) is 52.6 Å². The van der Waals surface area contributed by atoms with Crippen molar-refractivity contribution in [2.45, 2.75) is 111 Å². The van der Waals surface area contributed by atoms with Gasteiger partial charge in [-0.3, -0.25) is 0 Å². The molecule has 4 heteroatoms. The molecule has 0 aliphatic heterocycles. The molecule has 0 N–H and O–H groups in total. The van der Waals surface area contributed by atoms with Crippen LogP contribution in [0.3, 0.4) is 0 Å². The van der Waals surface area contributed by atoms with Crippen LogP contribution in [0.25, 0.3) is 0 Å². The molecule has 1 aromatic carbocycles. The zero-order valence-electron chi connectivity index (χ0n) is 20.8. The van der Waals surface area contributed by atoms with Gasteiger partial charge in [-0.25, -0.2) is 9.59 Å². The smallest absolute Gasteiger partial charge is 0.338 e. The molecule has 0 aromatic heterocycles. The van der Waals surface area contributed by atoms with Crippen molar-refractivity contribution in [1.82, 2.24) is 0 Å². The summed E-state index contributed by atoms with van der Waals surface area (Å²) >= 11 is 0. The van der Waals surface area contributed by atoms with Crippen LogP contribution in [0.15, 0.2) is 24.3 Å². The number of unbranched alkanes of at least 4 members (excludes halogenated alkanes) is 11. The maximum Gasteiger partial charge on any atom is 0.338 e. The van der Waals surface area contributed by atoms with E-state index in [4.69, 9.17) is 9.47 Å². The fraction of sp³-hybridized carbons (Fsp3) is 0.714. The van der Waals surface area contributed by atoms with Gasteiger partial charge >= 0.3 is 11.9 Å². The fourth-order valence-electron chi connectivity index (χ4n) is 3.57. The first kappa shape index (κ1) is 28.2. The predicted octanol–water partition coefficient (Wildman–Crippen LogP) is 8.14. The lowest BCUT2D eigenvalue weighted by atomic mass is 10.1. The molecule has 0 aliphatic carbocycles. The van der Waals surface area contributed by atoms with Crippen molar-refractivity contribution < 1.29 is 19.1 Å². The molecule has 1 rings (SSSR count). The molecule has 4 nitrogen and oxygen atoms in total. The van der Waals surface area contributed by atoms with Gasteiger partial charge in [0.25, 0.3) is 0 Å². The summed E-state index contributed by atoms with van der Waals surface area (Å²) in [6, 6.07) is 6.53. The highest BCUT2D eigenvalue weighted by Gasteiger charge is 2.11. The second kappa shape index (κ2) is 18.7. The van der Waals surface area contributed by atoms with Crippen LogP contribution in [0, 0.1) is 5.92 Å². The summed E-state index contributed by atoms with van der Waals surface area (Å²) in [5, 5.41) is 0. The lowest BCUT2D eigenvalue weighted by Crippen LogP contribution is -2.10. The van der Waals surface area contributed by atoms with E-state index in [1.165, 1.54) is 64.2 Å². The van der Waals surface area contributed by atoms with E-state index in [-0.39, 0.29) is 11.9 Å². The van der Waals surface area contributed by atoms with E-state index in [0.29, 0.717) is 30.3 Å². The van der Waals surface area contributed by atoms with E-state index in [1.807, 2.05) is 0 Å². The largest absolute Gasteiger partial charge is 0.462 e. The molecule has 0 radical (unpaired) electrons. The van der Waals surface area contributed by atoms with Crippen LogP contribution in [0.5, 0.6) is 0 Å². The van der Waals surface area contributed by atoms with Crippen LogP contribution >= 0.6 is 0 Å². The molecule has 1 atom stereocenters. The quantitative estimate of drug-likeness (QED) is 0.159. The summed E-state index contributed by atoms with van der Waals surface area (Å²) in [6.07, 6.45) is 17.3. The van der Waals surface area contributed by atoms with E-state index < -0.39 is 0 Å². The fourth-order valence-corrected chi connectivity index (χ4v) is 3.57. The molecule has 0 fully saturated rings. The Morgan fingerprint density at radius 1 is 0.656 bits per heavy atom. The molecule has 0 aliphatic rings. The maximum atomic E-state index is 12.2. The van der Waals surface area contributed by atoms with Gasteiger partial charge in [-0.05, 0) is 43.0 Å². The first-order valence-electron chi connectivity index (χ1n) is 13.0. The Labute approximate surface area is 196 Å². The van der Waals surface area contributed by atoms with Gasteiger partial charge in [-0.2, -0.15) is 0 Å². The number of hydrogen-bond acceptors (Lipinski definition) is 4. The standard InChI is InChI=1S/C28H46O4/c1-4-6-7-8-9-10-11-12-13-14-15-16-22-31-27(29)25-17-19-26(20-18-25)28(30)32-23-21-24(3)5-2/h17-20,24H,4-16,21-23H2,1-3H3. The molecule has 0 amide bonds. The van der Waals surface area contributed by atoms with E-state index in [0.717, 1.165) is 25.7 Å². The first-order chi connectivity index (χ1) is 15.6. The van der Waals surface area contributed by atoms with Crippen LogP contribution in [0.1, 0.15) is 131 Å². The lowest BCUT2D eigenvalue weighted by molar-refractivity contribution is 0.0475. The zero-order chi connectivity index (χ0) is 23.4. The monoisotopic (exact) mass is 446 g/mol. The van der Waals surface area contributed by atoms with Crippen LogP contribution in [0.2, 0.25) is 0 Å². The molecule has 182 valence electrons. The molecule has 0 saturated heterocycles. The Kier molecular flexibility index (Phi) is 16.5. The predicted molar refractivity (Wildman–Crippen MR) is 132 cm³/mol. The third-order valence-electron chi connectivity index (χ3n) is 6.13. The number of carbonyl (C=O) groups excluding carboxylic acids is 2. The SMILES string of the molecule is CCCCCCCCCCCCCCOC(=O)c1ccc(C(=O)OCCC(C)CC)cc1. The van der Waals surface area contributed by atoms with Gasteiger partial charge in [0, 0.05) is 0 Å². The van der Waals surface area contributed by atoms with E-state index in [2.05, 4.69) is 20.8 Å². The average Bonchev–Trinajstić information content (AvgIpc) is 2.81. The maximum absolute atomic E-state index is 12.2. The number of benzene rings is 1. The van der Waals surface area contributed by atoms with Crippen molar-refractivity contribution in [2.75, 3.05) is 13.2 Å². The minimum Gasteiger partial charge on any atom is -0.462 e. The highest BCUT2D eigenvalue weighted by atomic mass is 16.5. The molecule has 0 heterocycles. The van der Waals surface area contributed by atoms with Crippen molar-refractivity contribution in [1.29, 1.82) is 0 Å². The summed E-state index contributed by atoms with van der Waals surface area (Å²) in [4.78, 5) is 24.2. The third-order valence-corrected chi connectivity index (χ3v) is 6.13. The molecule has 0 spiro atoms. The first-order valence-corrected chi connectivity index (χ1v) is 13.0. The molecule has 0 bridgehead atoms. The summed E-state index contributed by atoms with van der Waals surface area (Å²) in [7, 11) is 0. The summed E-state index contributed by atoms with van der Waals surface area (Å²) < 4.78 is 10.7. The van der Waals surface area contributed by atoms with Crippen molar-refractivity contribution in [3.05, 3.63) is 35.4 Å². The van der Waals surface area contributed by atoms with Crippen LogP contribution in [-0.2, 0) is 9.47 Å². The minimum absolute atomic E-state index is 0.329. The van der Waals surface area contributed by atoms with Gasteiger partial charge in [0.1, 0.15) is 0 Å². The van der Waals surface area contributed by atoms with Gasteiger partial charge < -0.3 is 9.47 Å². The van der Waals surface area contributed by atoms with E-state index >= 15 is 0 Å². The Bertz CT molecular complexity index is 608. The lowest BCUT2D eigenvalue weighted by Gasteiger charge is -2.09. The zero-order valence-corrected chi connectivity index (χ0v) is 20.8. The van der Waals surface area contributed by atoms with Gasteiger partial charge in [-0.1, -0.05) is 97.8 Å². The van der Waals surface area contributed by atoms with Gasteiger partial charge in [-0.15, -0.1) is 0 Å². The Balaban J connectivity index is 2.08. The molecule has 32 heavy (non-hydrogen) atoms. The number of hydrogen-bond donors (Lipinski definition) is 0. The van der Waals surface area contributed by atoms with Crippen molar-refractivity contribution in [3.63, 3.8) is 0 Å². The second-order valence-corrected chi connectivity index (χ2v) is 9.04. The third kappa shape index (κ3) is 13.5. The van der Waals surface area contributed by atoms with Crippen LogP contribution < -0.4 is 0 Å². The van der Waals surface area contributed by atoms with E-state index in [1.54, 1.807) is 24.3 Å². The van der Waals surface area contributed by atoms with E-state index in [9.17, 15) is 9.59 Å². The molecular weight excluding hydrogens is 400 g/mol. The summed E-state index contributed by atoms with van der Waals surface area (Å²) in [6.45, 7) is 7.41. The normalized spacial score (nSPS) is 11.8. The number of esters is 2. The molecule has 1 unspecified atom stereocenters. The van der Waals surface area contributed by atoms with Gasteiger partial charge in [0.2, 0.25) is 0 Å². The number of carbonyl (C=O) groups is 2. The highest BCUT2D eigenvalue weighted by molar-refractivity contribution is 5.93. The van der Waals surface area contributed by atoms with Crippen LogP contribution in [-0.4, -0.2) is 25.2 Å². The van der Waals surface area contributed by atoms with Crippen molar-refractivity contribution in [2.24, 2.45) is 5.92 Å². The second-order valence-electron chi connectivity index (χ2n) is 9.04. The molecular formula is C28H46O4. The van der Waals surface area contributed by atoms with Crippen molar-refractivity contribution in [3.8, 4) is 0 Å². The summed E-state index contributed by atoms with van der Waals surface area (Å²) in [5.74, 6) is -0.125.